The minimum Gasteiger partial charge on any atom is -0.493 e. The van der Waals surface area contributed by atoms with Crippen molar-refractivity contribution in [3.8, 4) is 11.5 Å². The summed E-state index contributed by atoms with van der Waals surface area (Å²) in [7, 11) is 3.20. The van der Waals surface area contributed by atoms with Crippen LogP contribution < -0.4 is 15.2 Å². The summed E-state index contributed by atoms with van der Waals surface area (Å²) in [5.41, 5.74) is 2.27. The lowest BCUT2D eigenvalue weighted by Gasteiger charge is -2.26. The first-order valence-electron chi connectivity index (χ1n) is 9.72. The molecule has 1 aliphatic heterocycles. The number of methoxy groups -OCH3 is 2. The van der Waals surface area contributed by atoms with E-state index in [9.17, 15) is 9.59 Å². The van der Waals surface area contributed by atoms with E-state index in [1.165, 1.54) is 4.57 Å². The fourth-order valence-electron chi connectivity index (χ4n) is 4.05. The molecule has 0 radical (unpaired) electrons. The molecule has 1 amide bonds. The molecule has 1 aliphatic rings. The molecule has 0 saturated carbocycles. The summed E-state index contributed by atoms with van der Waals surface area (Å²) in [6.07, 6.45) is 2.09. The molecule has 2 heterocycles. The minimum atomic E-state index is -0.433. The van der Waals surface area contributed by atoms with Gasteiger partial charge >= 0.3 is 5.76 Å². The number of carbonyl (C=O) groups is 1. The van der Waals surface area contributed by atoms with Crippen molar-refractivity contribution in [2.75, 3.05) is 20.8 Å². The van der Waals surface area contributed by atoms with Crippen LogP contribution in [0.25, 0.3) is 11.1 Å². The van der Waals surface area contributed by atoms with E-state index in [1.54, 1.807) is 20.3 Å². The normalized spacial score (nSPS) is 16.3. The number of oxazole rings is 1. The first-order chi connectivity index (χ1) is 14.1. The van der Waals surface area contributed by atoms with Crippen molar-refractivity contribution in [2.45, 2.75) is 31.8 Å². The third-order valence-electron chi connectivity index (χ3n) is 5.49. The molecule has 0 N–H and O–H groups in total. The summed E-state index contributed by atoms with van der Waals surface area (Å²) in [5.74, 6) is 0.912. The van der Waals surface area contributed by atoms with Crippen molar-refractivity contribution >= 4 is 17.0 Å². The first kappa shape index (κ1) is 19.1. The van der Waals surface area contributed by atoms with Crippen LogP contribution >= 0.6 is 0 Å². The number of fused-ring (bicyclic) bond motifs is 1. The van der Waals surface area contributed by atoms with Crippen molar-refractivity contribution in [2.24, 2.45) is 0 Å². The van der Waals surface area contributed by atoms with Gasteiger partial charge in [0.15, 0.2) is 17.1 Å². The van der Waals surface area contributed by atoms with Crippen LogP contribution in [0.5, 0.6) is 11.5 Å². The lowest BCUT2D eigenvalue weighted by atomic mass is 10.0. The third-order valence-corrected chi connectivity index (χ3v) is 5.49. The topological polar surface area (TPSA) is 73.9 Å². The molecule has 1 unspecified atom stereocenters. The molecule has 1 aromatic heterocycles. The Balaban J connectivity index is 1.51. The van der Waals surface area contributed by atoms with Crippen LogP contribution in [0.15, 0.2) is 51.7 Å². The van der Waals surface area contributed by atoms with Gasteiger partial charge in [-0.3, -0.25) is 9.36 Å². The molecule has 29 heavy (non-hydrogen) atoms. The fraction of sp³-hybridized carbons (Fsp3) is 0.364. The molecule has 1 atom stereocenters. The molecule has 152 valence electrons. The molecule has 1 saturated heterocycles. The van der Waals surface area contributed by atoms with Crippen molar-refractivity contribution in [3.05, 3.63) is 58.6 Å². The van der Waals surface area contributed by atoms with Gasteiger partial charge in [-0.25, -0.2) is 4.79 Å². The van der Waals surface area contributed by atoms with Gasteiger partial charge in [0.1, 0.15) is 0 Å². The van der Waals surface area contributed by atoms with E-state index in [0.29, 0.717) is 35.7 Å². The number of nitrogens with zero attached hydrogens (tertiary/aromatic N) is 2. The number of aromatic nitrogens is 1. The maximum Gasteiger partial charge on any atom is 0.419 e. The van der Waals surface area contributed by atoms with Crippen LogP contribution in [0.1, 0.15) is 30.9 Å². The number of carbonyl (C=O) groups excluding carboxylic acids is 1. The predicted molar refractivity (Wildman–Crippen MR) is 108 cm³/mol. The Hall–Kier alpha value is -3.22. The predicted octanol–water partition coefficient (Wildman–Crippen LogP) is 3.37. The number of aryl methyl sites for hydroxylation is 1. The Morgan fingerprint density at radius 1 is 1.14 bits per heavy atom. The standard InChI is InChI=1S/C22H24N2O5/c1-27-19-10-9-15(14-20(19)28-2)16-7-5-12-23(16)21(25)11-13-24-17-6-3-4-8-18(17)29-22(24)26/h3-4,6,8-10,14,16H,5,7,11-13H2,1-2H3. The second-order valence-electron chi connectivity index (χ2n) is 7.10. The number of amides is 1. The number of hydrogen-bond acceptors (Lipinski definition) is 5. The van der Waals surface area contributed by atoms with Gasteiger partial charge < -0.3 is 18.8 Å². The Kier molecular flexibility index (Phi) is 5.29. The van der Waals surface area contributed by atoms with Gasteiger partial charge in [-0.15, -0.1) is 0 Å². The van der Waals surface area contributed by atoms with Crippen LogP contribution in [0.3, 0.4) is 0 Å². The molecular weight excluding hydrogens is 372 g/mol. The Morgan fingerprint density at radius 3 is 2.72 bits per heavy atom. The van der Waals surface area contributed by atoms with Gasteiger partial charge in [-0.05, 0) is 42.7 Å². The monoisotopic (exact) mass is 396 g/mol. The summed E-state index contributed by atoms with van der Waals surface area (Å²) in [4.78, 5) is 27.0. The lowest BCUT2D eigenvalue weighted by Crippen LogP contribution is -2.32. The Bertz CT molecular complexity index is 1080. The second kappa shape index (κ2) is 8.03. The highest BCUT2D eigenvalue weighted by molar-refractivity contribution is 5.78. The first-order valence-corrected chi connectivity index (χ1v) is 9.72. The highest BCUT2D eigenvalue weighted by atomic mass is 16.5. The highest BCUT2D eigenvalue weighted by Gasteiger charge is 2.30. The quantitative estimate of drug-likeness (QED) is 0.639. The van der Waals surface area contributed by atoms with E-state index in [4.69, 9.17) is 13.9 Å². The zero-order valence-corrected chi connectivity index (χ0v) is 16.6. The summed E-state index contributed by atoms with van der Waals surface area (Å²) < 4.78 is 17.5. The number of hydrogen-bond donors (Lipinski definition) is 0. The van der Waals surface area contributed by atoms with E-state index in [1.807, 2.05) is 41.3 Å². The van der Waals surface area contributed by atoms with E-state index in [0.717, 1.165) is 18.4 Å². The summed E-state index contributed by atoms with van der Waals surface area (Å²) in [5, 5.41) is 0. The average molecular weight is 396 g/mol. The summed E-state index contributed by atoms with van der Waals surface area (Å²) in [6, 6.07) is 13.0. The fourth-order valence-corrected chi connectivity index (χ4v) is 4.05. The van der Waals surface area contributed by atoms with Crippen LogP contribution in [0.2, 0.25) is 0 Å². The number of benzene rings is 2. The van der Waals surface area contributed by atoms with Crippen molar-refractivity contribution < 1.29 is 18.7 Å². The molecule has 7 nitrogen and oxygen atoms in total. The van der Waals surface area contributed by atoms with Crippen molar-refractivity contribution in [3.63, 3.8) is 0 Å². The molecule has 3 aromatic rings. The van der Waals surface area contributed by atoms with Gasteiger partial charge in [0, 0.05) is 19.5 Å². The van der Waals surface area contributed by atoms with Crippen LogP contribution in [-0.4, -0.2) is 36.1 Å². The van der Waals surface area contributed by atoms with Crippen molar-refractivity contribution in [1.82, 2.24) is 9.47 Å². The SMILES string of the molecule is COc1ccc(C2CCCN2C(=O)CCn2c(=O)oc3ccccc32)cc1OC. The summed E-state index contributed by atoms with van der Waals surface area (Å²) >= 11 is 0. The zero-order valence-electron chi connectivity index (χ0n) is 16.6. The van der Waals surface area contributed by atoms with Crippen LogP contribution in [0, 0.1) is 0 Å². The largest absolute Gasteiger partial charge is 0.493 e. The van der Waals surface area contributed by atoms with Gasteiger partial charge in [-0.1, -0.05) is 18.2 Å². The molecule has 7 heteroatoms. The smallest absolute Gasteiger partial charge is 0.419 e. The maximum atomic E-state index is 13.0. The van der Waals surface area contributed by atoms with E-state index in [-0.39, 0.29) is 18.4 Å². The third kappa shape index (κ3) is 3.60. The Labute approximate surface area is 168 Å². The molecule has 2 aromatic carbocycles. The molecule has 1 fully saturated rings. The second-order valence-corrected chi connectivity index (χ2v) is 7.10. The van der Waals surface area contributed by atoms with Crippen molar-refractivity contribution in [1.29, 1.82) is 0 Å². The van der Waals surface area contributed by atoms with Gasteiger partial charge in [0.2, 0.25) is 5.91 Å². The zero-order chi connectivity index (χ0) is 20.4. The number of ether oxygens (including phenoxy) is 2. The summed E-state index contributed by atoms with van der Waals surface area (Å²) in [6.45, 7) is 1.00. The van der Waals surface area contributed by atoms with Gasteiger partial charge in [0.05, 0.1) is 25.8 Å². The van der Waals surface area contributed by atoms with E-state index >= 15 is 0 Å². The maximum absolute atomic E-state index is 13.0. The number of para-hydroxylation sites is 2. The number of likely N-dealkylation sites (tertiary alicyclic amines) is 1. The lowest BCUT2D eigenvalue weighted by molar-refractivity contribution is -0.132. The Morgan fingerprint density at radius 2 is 1.93 bits per heavy atom. The number of rotatable bonds is 6. The van der Waals surface area contributed by atoms with E-state index < -0.39 is 5.76 Å². The van der Waals surface area contributed by atoms with Gasteiger partial charge in [-0.2, -0.15) is 0 Å². The van der Waals surface area contributed by atoms with E-state index in [2.05, 4.69) is 0 Å². The average Bonchev–Trinajstić information content (AvgIpc) is 3.35. The molecule has 0 aliphatic carbocycles. The van der Waals surface area contributed by atoms with Gasteiger partial charge in [0.25, 0.3) is 0 Å². The van der Waals surface area contributed by atoms with Crippen LogP contribution in [-0.2, 0) is 11.3 Å². The highest BCUT2D eigenvalue weighted by Crippen LogP contribution is 2.37. The molecule has 0 bridgehead atoms. The molecular formula is C22H24N2O5. The minimum absolute atomic E-state index is 0.000113. The molecule has 4 rings (SSSR count). The van der Waals surface area contributed by atoms with Crippen LogP contribution in [0.4, 0.5) is 0 Å². The molecule has 0 spiro atoms.